The van der Waals surface area contributed by atoms with Crippen LogP contribution < -0.4 is 10.9 Å². The fourth-order valence-electron chi connectivity index (χ4n) is 1.73. The summed E-state index contributed by atoms with van der Waals surface area (Å²) in [5.41, 5.74) is -0.101. The van der Waals surface area contributed by atoms with Crippen LogP contribution in [0.15, 0.2) is 17.2 Å². The lowest BCUT2D eigenvalue weighted by molar-refractivity contribution is 0.749. The molecule has 4 heteroatoms. The molecule has 0 amide bonds. The monoisotopic (exact) mass is 179 g/mol. The fourth-order valence-corrected chi connectivity index (χ4v) is 1.73. The first-order chi connectivity index (χ1) is 6.34. The number of aromatic amines is 1. The van der Waals surface area contributed by atoms with Gasteiger partial charge in [-0.15, -0.1) is 0 Å². The van der Waals surface area contributed by atoms with E-state index in [-0.39, 0.29) is 5.56 Å². The Hall–Kier alpha value is -1.32. The van der Waals surface area contributed by atoms with Gasteiger partial charge in [-0.1, -0.05) is 12.8 Å². The zero-order valence-electron chi connectivity index (χ0n) is 7.42. The maximum atomic E-state index is 10.9. The summed E-state index contributed by atoms with van der Waals surface area (Å²) in [5, 5.41) is 3.25. The zero-order valence-corrected chi connectivity index (χ0v) is 7.42. The topological polar surface area (TPSA) is 57.8 Å². The van der Waals surface area contributed by atoms with Gasteiger partial charge < -0.3 is 10.3 Å². The Morgan fingerprint density at radius 2 is 2.23 bits per heavy atom. The molecule has 0 bridgehead atoms. The second kappa shape index (κ2) is 3.60. The molecule has 4 nitrogen and oxygen atoms in total. The van der Waals surface area contributed by atoms with Crippen molar-refractivity contribution in [2.75, 3.05) is 5.32 Å². The number of H-pyrrole nitrogens is 1. The van der Waals surface area contributed by atoms with E-state index in [1.165, 1.54) is 38.1 Å². The van der Waals surface area contributed by atoms with Crippen LogP contribution in [0.25, 0.3) is 0 Å². The van der Waals surface area contributed by atoms with Crippen molar-refractivity contribution >= 4 is 5.82 Å². The molecule has 0 unspecified atom stereocenters. The minimum Gasteiger partial charge on any atom is -0.367 e. The SMILES string of the molecule is O=c1cc(NC2CCCC2)nc[nH]1. The molecule has 0 saturated heterocycles. The predicted molar refractivity (Wildman–Crippen MR) is 50.7 cm³/mol. The Labute approximate surface area is 76.4 Å². The molecule has 0 atom stereocenters. The summed E-state index contributed by atoms with van der Waals surface area (Å²) in [7, 11) is 0. The van der Waals surface area contributed by atoms with Crippen molar-refractivity contribution < 1.29 is 0 Å². The Balaban J connectivity index is 2.04. The molecule has 1 aliphatic carbocycles. The first kappa shape index (κ1) is 8.29. The van der Waals surface area contributed by atoms with Crippen LogP contribution in [0.5, 0.6) is 0 Å². The number of nitrogens with one attached hydrogen (secondary N) is 2. The lowest BCUT2D eigenvalue weighted by Gasteiger charge is -2.11. The average Bonchev–Trinajstić information content (AvgIpc) is 2.57. The highest BCUT2D eigenvalue weighted by atomic mass is 16.1. The Kier molecular flexibility index (Phi) is 2.29. The summed E-state index contributed by atoms with van der Waals surface area (Å²) in [5.74, 6) is 0.690. The lowest BCUT2D eigenvalue weighted by Crippen LogP contribution is -2.17. The fraction of sp³-hybridized carbons (Fsp3) is 0.556. The number of nitrogens with zero attached hydrogens (tertiary/aromatic N) is 1. The van der Waals surface area contributed by atoms with Crippen LogP contribution >= 0.6 is 0 Å². The Morgan fingerprint density at radius 1 is 1.46 bits per heavy atom. The molecule has 13 heavy (non-hydrogen) atoms. The predicted octanol–water partition coefficient (Wildman–Crippen LogP) is 1.12. The van der Waals surface area contributed by atoms with Gasteiger partial charge in [0.25, 0.3) is 5.56 Å². The largest absolute Gasteiger partial charge is 0.367 e. The van der Waals surface area contributed by atoms with Crippen LogP contribution in [0.2, 0.25) is 0 Å². The molecule has 0 aliphatic heterocycles. The van der Waals surface area contributed by atoms with E-state index < -0.39 is 0 Å². The van der Waals surface area contributed by atoms with E-state index in [0.717, 1.165) is 0 Å². The quantitative estimate of drug-likeness (QED) is 0.715. The summed E-state index contributed by atoms with van der Waals surface area (Å²) in [6.07, 6.45) is 6.37. The van der Waals surface area contributed by atoms with Crippen LogP contribution in [0.3, 0.4) is 0 Å². The number of rotatable bonds is 2. The van der Waals surface area contributed by atoms with Crippen molar-refractivity contribution in [1.29, 1.82) is 0 Å². The Bertz CT molecular complexity index is 328. The molecular formula is C9H13N3O. The maximum Gasteiger partial charge on any atom is 0.252 e. The van der Waals surface area contributed by atoms with Gasteiger partial charge in [-0.25, -0.2) is 4.98 Å². The van der Waals surface area contributed by atoms with Gasteiger partial charge in [-0.05, 0) is 12.8 Å². The summed E-state index contributed by atoms with van der Waals surface area (Å²) in [4.78, 5) is 17.5. The summed E-state index contributed by atoms with van der Waals surface area (Å²) in [6, 6.07) is 2.01. The van der Waals surface area contributed by atoms with E-state index >= 15 is 0 Å². The smallest absolute Gasteiger partial charge is 0.252 e. The second-order valence-electron chi connectivity index (χ2n) is 3.42. The third-order valence-electron chi connectivity index (χ3n) is 2.39. The Morgan fingerprint density at radius 3 is 2.92 bits per heavy atom. The van der Waals surface area contributed by atoms with Gasteiger partial charge in [0, 0.05) is 12.1 Å². The van der Waals surface area contributed by atoms with Gasteiger partial charge in [0.1, 0.15) is 5.82 Å². The molecule has 0 radical (unpaired) electrons. The van der Waals surface area contributed by atoms with Crippen molar-refractivity contribution in [3.8, 4) is 0 Å². The molecule has 0 aromatic carbocycles. The second-order valence-corrected chi connectivity index (χ2v) is 3.42. The highest BCUT2D eigenvalue weighted by Crippen LogP contribution is 2.20. The number of hydrogen-bond donors (Lipinski definition) is 2. The van der Waals surface area contributed by atoms with Gasteiger partial charge in [0.2, 0.25) is 0 Å². The van der Waals surface area contributed by atoms with Crippen molar-refractivity contribution in [3.63, 3.8) is 0 Å². The normalized spacial score (nSPS) is 17.5. The van der Waals surface area contributed by atoms with Crippen molar-refractivity contribution in [3.05, 3.63) is 22.7 Å². The highest BCUT2D eigenvalue weighted by molar-refractivity contribution is 5.33. The van der Waals surface area contributed by atoms with Crippen LogP contribution in [0.1, 0.15) is 25.7 Å². The van der Waals surface area contributed by atoms with Gasteiger partial charge in [-0.2, -0.15) is 0 Å². The van der Waals surface area contributed by atoms with Crippen LogP contribution in [0.4, 0.5) is 5.82 Å². The first-order valence-electron chi connectivity index (χ1n) is 4.66. The summed E-state index contributed by atoms with van der Waals surface area (Å²) >= 11 is 0. The third-order valence-corrected chi connectivity index (χ3v) is 2.39. The lowest BCUT2D eigenvalue weighted by atomic mass is 10.2. The summed E-state index contributed by atoms with van der Waals surface area (Å²) < 4.78 is 0. The van der Waals surface area contributed by atoms with Crippen molar-refractivity contribution in [1.82, 2.24) is 9.97 Å². The van der Waals surface area contributed by atoms with E-state index in [1.807, 2.05) is 0 Å². The van der Waals surface area contributed by atoms with E-state index in [0.29, 0.717) is 11.9 Å². The van der Waals surface area contributed by atoms with Gasteiger partial charge in [0.15, 0.2) is 0 Å². The molecule has 1 fully saturated rings. The number of aromatic nitrogens is 2. The van der Waals surface area contributed by atoms with Gasteiger partial charge in [-0.3, -0.25) is 4.79 Å². The minimum atomic E-state index is -0.101. The molecule has 1 heterocycles. The molecule has 1 aliphatic rings. The molecular weight excluding hydrogens is 166 g/mol. The number of hydrogen-bond acceptors (Lipinski definition) is 3. The zero-order chi connectivity index (χ0) is 9.10. The average molecular weight is 179 g/mol. The van der Waals surface area contributed by atoms with Crippen LogP contribution in [0, 0.1) is 0 Å². The van der Waals surface area contributed by atoms with Crippen LogP contribution in [-0.4, -0.2) is 16.0 Å². The summed E-state index contributed by atoms with van der Waals surface area (Å²) in [6.45, 7) is 0. The third kappa shape index (κ3) is 2.08. The van der Waals surface area contributed by atoms with Gasteiger partial charge in [0.05, 0.1) is 6.33 Å². The molecule has 1 saturated carbocycles. The van der Waals surface area contributed by atoms with E-state index in [2.05, 4.69) is 15.3 Å². The first-order valence-corrected chi connectivity index (χ1v) is 4.66. The highest BCUT2D eigenvalue weighted by Gasteiger charge is 2.14. The van der Waals surface area contributed by atoms with E-state index in [9.17, 15) is 4.79 Å². The molecule has 1 aromatic heterocycles. The molecule has 0 spiro atoms. The molecule has 2 N–H and O–H groups in total. The maximum absolute atomic E-state index is 10.9. The van der Waals surface area contributed by atoms with Gasteiger partial charge >= 0.3 is 0 Å². The standard InChI is InChI=1S/C9H13N3O/c13-9-5-8(10-6-11-9)12-7-3-1-2-4-7/h5-7H,1-4H2,(H2,10,11,12,13). The molecule has 70 valence electrons. The number of anilines is 1. The van der Waals surface area contributed by atoms with Crippen molar-refractivity contribution in [2.24, 2.45) is 0 Å². The van der Waals surface area contributed by atoms with Crippen molar-refractivity contribution in [2.45, 2.75) is 31.7 Å². The minimum absolute atomic E-state index is 0.101. The van der Waals surface area contributed by atoms with E-state index in [1.54, 1.807) is 0 Å². The van der Waals surface area contributed by atoms with E-state index in [4.69, 9.17) is 0 Å². The molecule has 2 rings (SSSR count). The molecule has 1 aromatic rings. The van der Waals surface area contributed by atoms with Crippen LogP contribution in [-0.2, 0) is 0 Å².